The zero-order valence-electron chi connectivity index (χ0n) is 8.85. The lowest BCUT2D eigenvalue weighted by molar-refractivity contribution is 0.120. The zero-order chi connectivity index (χ0) is 10.9. The predicted octanol–water partition coefficient (Wildman–Crippen LogP) is 1.70. The van der Waals surface area contributed by atoms with Crippen molar-refractivity contribution in [3.63, 3.8) is 0 Å². The molecule has 0 radical (unpaired) electrons. The minimum Gasteiger partial charge on any atom is -0.383 e. The molecule has 5 nitrogen and oxygen atoms in total. The molecule has 6 heteroatoms. The summed E-state index contributed by atoms with van der Waals surface area (Å²) in [6.45, 7) is 5.92. The van der Waals surface area contributed by atoms with Crippen LogP contribution in [0, 0.1) is 10.8 Å². The molecule has 0 aliphatic carbocycles. The molecule has 0 bridgehead atoms. The van der Waals surface area contributed by atoms with Crippen LogP contribution in [0.3, 0.4) is 0 Å². The standard InChI is InChI=1S/C8H16N4OS/c1-8(2,3)6-5(13)7(9)12(14-4)11-10-6/h5-6,9,13H,1-4H3. The Hall–Kier alpha value is -0.620. The molecule has 2 N–H and O–H groups in total. The third-order valence-corrected chi connectivity index (χ3v) is 2.72. The van der Waals surface area contributed by atoms with Crippen molar-refractivity contribution in [2.75, 3.05) is 6.26 Å². The van der Waals surface area contributed by atoms with E-state index < -0.39 is 6.10 Å². The minimum absolute atomic E-state index is 0.104. The van der Waals surface area contributed by atoms with E-state index in [9.17, 15) is 5.11 Å². The van der Waals surface area contributed by atoms with Gasteiger partial charge in [-0.25, -0.2) is 0 Å². The Labute approximate surface area is 88.2 Å². The maximum atomic E-state index is 9.84. The van der Waals surface area contributed by atoms with E-state index in [0.29, 0.717) is 0 Å². The van der Waals surface area contributed by atoms with Crippen LogP contribution in [-0.4, -0.2) is 33.8 Å². The highest BCUT2D eigenvalue weighted by Gasteiger charge is 2.38. The Bertz CT molecular complexity index is 261. The molecule has 1 aliphatic rings. The van der Waals surface area contributed by atoms with Crippen molar-refractivity contribution in [3.05, 3.63) is 0 Å². The molecule has 1 rings (SSSR count). The molecule has 0 amide bonds. The highest BCUT2D eigenvalue weighted by molar-refractivity contribution is 7.96. The summed E-state index contributed by atoms with van der Waals surface area (Å²) in [6.07, 6.45) is 0.928. The summed E-state index contributed by atoms with van der Waals surface area (Å²) in [4.78, 5) is 0. The van der Waals surface area contributed by atoms with Crippen LogP contribution in [0.1, 0.15) is 20.8 Å². The molecule has 14 heavy (non-hydrogen) atoms. The molecule has 2 atom stereocenters. The Morgan fingerprint density at radius 3 is 2.50 bits per heavy atom. The number of hydrogen-bond acceptors (Lipinski definition) is 5. The lowest BCUT2D eigenvalue weighted by Gasteiger charge is -2.35. The van der Waals surface area contributed by atoms with E-state index in [1.165, 1.54) is 16.4 Å². The Morgan fingerprint density at radius 2 is 2.07 bits per heavy atom. The first-order valence-electron chi connectivity index (χ1n) is 4.39. The van der Waals surface area contributed by atoms with Crippen molar-refractivity contribution < 1.29 is 5.11 Å². The number of amidine groups is 1. The number of rotatable bonds is 1. The normalized spacial score (nSPS) is 28.4. The fourth-order valence-corrected chi connectivity index (χ4v) is 1.68. The summed E-state index contributed by atoms with van der Waals surface area (Å²) in [7, 11) is 0. The molecule has 0 fully saturated rings. The monoisotopic (exact) mass is 216 g/mol. The summed E-state index contributed by atoms with van der Waals surface area (Å²) in [6, 6.07) is -0.335. The topological polar surface area (TPSA) is 72.0 Å². The molecule has 80 valence electrons. The Morgan fingerprint density at radius 1 is 1.50 bits per heavy atom. The van der Waals surface area contributed by atoms with Crippen LogP contribution >= 0.6 is 11.9 Å². The van der Waals surface area contributed by atoms with Gasteiger partial charge in [0.15, 0.2) is 5.84 Å². The third kappa shape index (κ3) is 2.06. The number of nitrogens with zero attached hydrogens (tertiary/aromatic N) is 3. The Kier molecular flexibility index (Phi) is 3.16. The van der Waals surface area contributed by atoms with Gasteiger partial charge in [0.2, 0.25) is 0 Å². The first-order valence-corrected chi connectivity index (χ1v) is 5.57. The molecular weight excluding hydrogens is 200 g/mol. The largest absolute Gasteiger partial charge is 0.383 e. The second kappa shape index (κ2) is 3.86. The predicted molar refractivity (Wildman–Crippen MR) is 57.2 cm³/mol. The summed E-state index contributed by atoms with van der Waals surface area (Å²) >= 11 is 1.26. The maximum absolute atomic E-state index is 9.84. The van der Waals surface area contributed by atoms with Crippen LogP contribution < -0.4 is 0 Å². The van der Waals surface area contributed by atoms with Gasteiger partial charge in [0.25, 0.3) is 0 Å². The average Bonchev–Trinajstić information content (AvgIpc) is 2.07. The van der Waals surface area contributed by atoms with E-state index in [2.05, 4.69) is 10.3 Å². The van der Waals surface area contributed by atoms with Crippen molar-refractivity contribution in [1.29, 1.82) is 5.41 Å². The van der Waals surface area contributed by atoms with Crippen molar-refractivity contribution >= 4 is 17.8 Å². The molecule has 0 saturated heterocycles. The van der Waals surface area contributed by atoms with Gasteiger partial charge < -0.3 is 5.11 Å². The molecule has 0 spiro atoms. The van der Waals surface area contributed by atoms with E-state index in [-0.39, 0.29) is 17.3 Å². The van der Waals surface area contributed by atoms with Crippen molar-refractivity contribution in [2.24, 2.45) is 15.8 Å². The van der Waals surface area contributed by atoms with Crippen LogP contribution in [0.2, 0.25) is 0 Å². The molecule has 0 aromatic carbocycles. The first-order chi connectivity index (χ1) is 6.38. The van der Waals surface area contributed by atoms with Crippen LogP contribution in [-0.2, 0) is 0 Å². The van der Waals surface area contributed by atoms with E-state index >= 15 is 0 Å². The third-order valence-electron chi connectivity index (χ3n) is 2.10. The lowest BCUT2D eigenvalue weighted by Crippen LogP contribution is -2.47. The van der Waals surface area contributed by atoms with Gasteiger partial charge in [-0.2, -0.15) is 9.53 Å². The van der Waals surface area contributed by atoms with Gasteiger partial charge in [0.1, 0.15) is 12.1 Å². The van der Waals surface area contributed by atoms with Gasteiger partial charge in [-0.15, -0.1) is 0 Å². The molecule has 1 aliphatic heterocycles. The second-order valence-corrected chi connectivity index (χ2v) is 5.01. The SMILES string of the molecule is CSN1N=NC(C(C)(C)C)C(O)C1=N. The van der Waals surface area contributed by atoms with E-state index in [1.807, 2.05) is 20.8 Å². The fraction of sp³-hybridized carbons (Fsp3) is 0.875. The first kappa shape index (κ1) is 11.5. The van der Waals surface area contributed by atoms with Crippen molar-refractivity contribution in [3.8, 4) is 0 Å². The summed E-state index contributed by atoms with van der Waals surface area (Å²) in [5, 5.41) is 25.4. The smallest absolute Gasteiger partial charge is 0.162 e. The van der Waals surface area contributed by atoms with Crippen LogP contribution in [0.15, 0.2) is 10.3 Å². The number of hydrogen-bond donors (Lipinski definition) is 2. The van der Waals surface area contributed by atoms with Gasteiger partial charge >= 0.3 is 0 Å². The van der Waals surface area contributed by atoms with Gasteiger partial charge in [-0.1, -0.05) is 26.0 Å². The molecule has 1 heterocycles. The molecule has 2 unspecified atom stereocenters. The molecular formula is C8H16N4OS. The zero-order valence-corrected chi connectivity index (χ0v) is 9.67. The van der Waals surface area contributed by atoms with Gasteiger partial charge in [0, 0.05) is 6.26 Å². The highest BCUT2D eigenvalue weighted by atomic mass is 32.2. The summed E-state index contributed by atoms with van der Waals surface area (Å²) < 4.78 is 1.33. The van der Waals surface area contributed by atoms with Crippen molar-refractivity contribution in [1.82, 2.24) is 4.41 Å². The minimum atomic E-state index is -0.861. The summed E-state index contributed by atoms with van der Waals surface area (Å²) in [5.41, 5.74) is -0.181. The lowest BCUT2D eigenvalue weighted by atomic mass is 9.83. The van der Waals surface area contributed by atoms with Gasteiger partial charge in [0.05, 0.1) is 0 Å². The Balaban J connectivity index is 2.90. The summed E-state index contributed by atoms with van der Waals surface area (Å²) in [5.74, 6) is 0.104. The van der Waals surface area contributed by atoms with Crippen LogP contribution in [0.25, 0.3) is 0 Å². The number of aliphatic hydroxyl groups excluding tert-OH is 1. The quantitative estimate of drug-likeness (QED) is 0.655. The van der Waals surface area contributed by atoms with Crippen molar-refractivity contribution in [2.45, 2.75) is 32.9 Å². The van der Waals surface area contributed by atoms with Gasteiger partial charge in [-0.3, -0.25) is 5.41 Å². The van der Waals surface area contributed by atoms with E-state index in [4.69, 9.17) is 5.41 Å². The second-order valence-electron chi connectivity index (χ2n) is 4.30. The van der Waals surface area contributed by atoms with E-state index in [1.54, 1.807) is 6.26 Å². The highest BCUT2D eigenvalue weighted by Crippen LogP contribution is 2.30. The fourth-order valence-electron chi connectivity index (χ4n) is 1.26. The molecule has 0 aromatic heterocycles. The number of nitrogens with one attached hydrogen (secondary N) is 1. The maximum Gasteiger partial charge on any atom is 0.162 e. The number of aliphatic hydroxyl groups is 1. The van der Waals surface area contributed by atoms with Crippen LogP contribution in [0.4, 0.5) is 0 Å². The van der Waals surface area contributed by atoms with E-state index in [0.717, 1.165) is 0 Å². The molecule has 0 aromatic rings. The van der Waals surface area contributed by atoms with Crippen LogP contribution in [0.5, 0.6) is 0 Å². The average molecular weight is 216 g/mol. The van der Waals surface area contributed by atoms with Gasteiger partial charge in [-0.05, 0) is 17.4 Å². The molecule has 0 saturated carbocycles.